The zero-order valence-electron chi connectivity index (χ0n) is 26.5. The van der Waals surface area contributed by atoms with E-state index in [-0.39, 0.29) is 6.04 Å². The van der Waals surface area contributed by atoms with Gasteiger partial charge in [0.15, 0.2) is 17.5 Å². The molecular weight excluding hydrogens is 576 g/mol. The zero-order chi connectivity index (χ0) is 31.9. The third-order valence-corrected chi connectivity index (χ3v) is 8.69. The van der Waals surface area contributed by atoms with Gasteiger partial charge in [0.25, 0.3) is 0 Å². The molecule has 0 bridgehead atoms. The van der Waals surface area contributed by atoms with E-state index in [0.29, 0.717) is 17.5 Å². The van der Waals surface area contributed by atoms with Gasteiger partial charge in [0.05, 0.1) is 22.8 Å². The van der Waals surface area contributed by atoms with Crippen LogP contribution in [0.3, 0.4) is 0 Å². The average Bonchev–Trinajstić information content (AvgIpc) is 3.11. The number of fused-ring (bicyclic) bond motifs is 3. The molecule has 1 aliphatic rings. The van der Waals surface area contributed by atoms with E-state index in [2.05, 4.69) is 97.7 Å². The van der Waals surface area contributed by atoms with Crippen LogP contribution >= 0.6 is 0 Å². The van der Waals surface area contributed by atoms with Gasteiger partial charge in [-0.3, -0.25) is 9.98 Å². The molecule has 4 aromatic carbocycles. The first-order valence-electron chi connectivity index (χ1n) is 15.9. The Kier molecular flexibility index (Phi) is 7.18. The molecule has 1 atom stereocenters. The zero-order valence-corrected chi connectivity index (χ0v) is 26.5. The van der Waals surface area contributed by atoms with E-state index in [1.165, 1.54) is 5.56 Å². The van der Waals surface area contributed by atoms with E-state index >= 15 is 0 Å². The molecule has 0 aliphatic carbocycles. The Hall–Kier alpha value is -5.88. The van der Waals surface area contributed by atoms with E-state index in [1.54, 1.807) is 0 Å². The fourth-order valence-corrected chi connectivity index (χ4v) is 6.29. The summed E-state index contributed by atoms with van der Waals surface area (Å²) in [7, 11) is 0. The van der Waals surface area contributed by atoms with Gasteiger partial charge in [-0.15, -0.1) is 0 Å². The monoisotopic (exact) mass is 608 g/mol. The topological polar surface area (TPSA) is 76.8 Å². The van der Waals surface area contributed by atoms with Gasteiger partial charge in [-0.2, -0.15) is 0 Å². The van der Waals surface area contributed by atoms with Crippen molar-refractivity contribution in [3.8, 4) is 45.2 Å². The average molecular weight is 609 g/mol. The summed E-state index contributed by atoms with van der Waals surface area (Å²) in [5.74, 6) is 2.01. The molecule has 3 aromatic heterocycles. The summed E-state index contributed by atoms with van der Waals surface area (Å²) in [5.41, 5.74) is 11.3. The predicted octanol–water partition coefficient (Wildman–Crippen LogP) is 9.50. The summed E-state index contributed by atoms with van der Waals surface area (Å²) < 4.78 is 0. The Morgan fingerprint density at radius 3 is 2.02 bits per heavy atom. The van der Waals surface area contributed by atoms with E-state index in [9.17, 15) is 0 Å². The van der Waals surface area contributed by atoms with Crippen molar-refractivity contribution in [3.63, 3.8) is 0 Å². The second-order valence-electron chi connectivity index (χ2n) is 12.2. The lowest BCUT2D eigenvalue weighted by Crippen LogP contribution is -2.09. The number of nitrogens with zero attached hydrogens (tertiary/aromatic N) is 6. The van der Waals surface area contributed by atoms with Crippen LogP contribution < -0.4 is 0 Å². The summed E-state index contributed by atoms with van der Waals surface area (Å²) in [6.07, 6.45) is 4.66. The lowest BCUT2D eigenvalue weighted by Gasteiger charge is -2.15. The molecule has 1 unspecified atom stereocenters. The second kappa shape index (κ2) is 11.8. The highest BCUT2D eigenvalue weighted by atomic mass is 15.0. The van der Waals surface area contributed by atoms with Crippen molar-refractivity contribution in [2.75, 3.05) is 0 Å². The maximum atomic E-state index is 5.13. The predicted molar refractivity (Wildman–Crippen MR) is 192 cm³/mol. The van der Waals surface area contributed by atoms with Gasteiger partial charge in [-0.25, -0.2) is 19.9 Å². The molecule has 0 amide bonds. The number of hydrogen-bond acceptors (Lipinski definition) is 6. The Bertz CT molecular complexity index is 2360. The molecule has 6 nitrogen and oxygen atoms in total. The number of allylic oxidation sites excluding steroid dienone is 1. The lowest BCUT2D eigenvalue weighted by molar-refractivity contribution is 0.761. The van der Waals surface area contributed by atoms with E-state index in [0.717, 1.165) is 73.0 Å². The van der Waals surface area contributed by atoms with E-state index in [1.807, 2.05) is 49.5 Å². The smallest absolute Gasteiger partial charge is 0.164 e. The molecule has 0 radical (unpaired) electrons. The van der Waals surface area contributed by atoms with Crippen LogP contribution in [0.15, 0.2) is 120 Å². The summed E-state index contributed by atoms with van der Waals surface area (Å²) in [4.78, 5) is 29.2. The van der Waals surface area contributed by atoms with Crippen molar-refractivity contribution in [1.29, 1.82) is 0 Å². The van der Waals surface area contributed by atoms with Gasteiger partial charge in [0.1, 0.15) is 0 Å². The molecule has 4 heterocycles. The molecule has 7 aromatic rings. The molecule has 0 spiro atoms. The van der Waals surface area contributed by atoms with Crippen LogP contribution in [-0.2, 0) is 0 Å². The van der Waals surface area contributed by atoms with E-state index < -0.39 is 0 Å². The minimum atomic E-state index is 0.194. The minimum absolute atomic E-state index is 0.194. The summed E-state index contributed by atoms with van der Waals surface area (Å²) >= 11 is 0. The quantitative estimate of drug-likeness (QED) is 0.182. The van der Waals surface area contributed by atoms with Gasteiger partial charge in [0.2, 0.25) is 0 Å². The molecule has 47 heavy (non-hydrogen) atoms. The van der Waals surface area contributed by atoms with Crippen LogP contribution in [0.4, 0.5) is 0 Å². The standard InChI is InChI=1S/C41H32N6/c1-25-22-27(3)43-38-35(25)18-16-29-17-19-36(44-37(29)38)33-11-7-10-32(24-33)28-12-14-31(15-13-28)40-45-39(30-8-5-4-6-9-30)46-41(47-40)34-20-21-42-26(2)23-34/h4-22,24,26H,23H2,1-3H3. The lowest BCUT2D eigenvalue weighted by atomic mass is 9.99. The Labute approximate surface area is 273 Å². The van der Waals surface area contributed by atoms with Crippen molar-refractivity contribution >= 4 is 33.6 Å². The van der Waals surface area contributed by atoms with Crippen molar-refractivity contribution in [2.45, 2.75) is 33.2 Å². The van der Waals surface area contributed by atoms with Gasteiger partial charge in [-0.05, 0) is 68.2 Å². The third kappa shape index (κ3) is 5.59. The highest BCUT2D eigenvalue weighted by Gasteiger charge is 2.17. The van der Waals surface area contributed by atoms with Gasteiger partial charge >= 0.3 is 0 Å². The second-order valence-corrected chi connectivity index (χ2v) is 12.2. The number of aromatic nitrogens is 5. The molecule has 0 N–H and O–H groups in total. The Morgan fingerprint density at radius 2 is 1.23 bits per heavy atom. The van der Waals surface area contributed by atoms with Crippen LogP contribution in [0.25, 0.3) is 72.5 Å². The first kappa shape index (κ1) is 28.6. The van der Waals surface area contributed by atoms with Crippen LogP contribution in [0, 0.1) is 13.8 Å². The number of hydrogen-bond donors (Lipinski definition) is 0. The molecule has 0 saturated carbocycles. The van der Waals surface area contributed by atoms with Crippen molar-refractivity contribution in [2.24, 2.45) is 4.99 Å². The van der Waals surface area contributed by atoms with Crippen LogP contribution in [-0.4, -0.2) is 37.2 Å². The van der Waals surface area contributed by atoms with Gasteiger partial charge in [-0.1, -0.05) is 91.0 Å². The maximum absolute atomic E-state index is 5.13. The number of aliphatic imine (C=N–C) groups is 1. The third-order valence-electron chi connectivity index (χ3n) is 8.69. The molecule has 1 aliphatic heterocycles. The number of pyridine rings is 2. The van der Waals surface area contributed by atoms with E-state index in [4.69, 9.17) is 24.9 Å². The van der Waals surface area contributed by atoms with Gasteiger partial charge in [0, 0.05) is 44.9 Å². The van der Waals surface area contributed by atoms with Crippen LogP contribution in [0.2, 0.25) is 0 Å². The molecule has 0 saturated heterocycles. The molecule has 0 fully saturated rings. The Balaban J connectivity index is 1.15. The van der Waals surface area contributed by atoms with Gasteiger partial charge < -0.3 is 0 Å². The molecule has 226 valence electrons. The van der Waals surface area contributed by atoms with Crippen molar-refractivity contribution in [3.05, 3.63) is 132 Å². The highest BCUT2D eigenvalue weighted by Crippen LogP contribution is 2.32. The molecule has 6 heteroatoms. The molecule has 8 rings (SSSR count). The fourth-order valence-electron chi connectivity index (χ4n) is 6.29. The minimum Gasteiger partial charge on any atom is -0.290 e. The normalized spacial score (nSPS) is 14.4. The number of dihydropyridines is 1. The first-order valence-corrected chi connectivity index (χ1v) is 15.9. The number of rotatable bonds is 5. The SMILES string of the molecule is Cc1cc(C)c2ccc3ccc(-c4cccc(-c5ccc(-c6nc(C7=CC=NC(C)C7)nc(-c7ccccc7)n6)cc5)c4)nc3c2n1. The number of aryl methyl sites for hydroxylation is 2. The van der Waals surface area contributed by atoms with Crippen LogP contribution in [0.5, 0.6) is 0 Å². The first-order chi connectivity index (χ1) is 23.0. The van der Waals surface area contributed by atoms with Crippen LogP contribution in [0.1, 0.15) is 30.4 Å². The largest absolute Gasteiger partial charge is 0.290 e. The Morgan fingerprint density at radius 1 is 0.553 bits per heavy atom. The molecular formula is C41H32N6. The van der Waals surface area contributed by atoms with Crippen molar-refractivity contribution < 1.29 is 0 Å². The summed E-state index contributed by atoms with van der Waals surface area (Å²) in [6.45, 7) is 6.28. The summed E-state index contributed by atoms with van der Waals surface area (Å²) in [5, 5.41) is 2.23. The number of benzene rings is 4. The fraction of sp³-hybridized carbons (Fsp3) is 0.122. The van der Waals surface area contributed by atoms with Crippen molar-refractivity contribution in [1.82, 2.24) is 24.9 Å². The highest BCUT2D eigenvalue weighted by molar-refractivity contribution is 6.04. The maximum Gasteiger partial charge on any atom is 0.164 e. The summed E-state index contributed by atoms with van der Waals surface area (Å²) in [6, 6.07) is 37.9.